The lowest BCUT2D eigenvalue weighted by molar-refractivity contribution is 0.324. The Kier molecular flexibility index (Phi) is 6.96. The van der Waals surface area contributed by atoms with Gasteiger partial charge in [0.25, 0.3) is 0 Å². The molecule has 2 atom stereocenters. The van der Waals surface area contributed by atoms with E-state index in [1.165, 1.54) is 5.57 Å². The van der Waals surface area contributed by atoms with Crippen LogP contribution in [-0.2, 0) is 15.6 Å². The molecule has 0 N–H and O–H groups in total. The minimum Gasteiger partial charge on any atom is -0.207 e. The molecule has 1 heterocycles. The Hall–Kier alpha value is -3.18. The molecule has 2 aliphatic rings. The second-order valence-electron chi connectivity index (χ2n) is 10.6. The van der Waals surface area contributed by atoms with Gasteiger partial charge in [-0.3, -0.25) is 0 Å². The number of hydrogen-bond donors (Lipinski definition) is 0. The molecule has 4 aromatic rings. The maximum Gasteiger partial charge on any atom is 0.244 e. The van der Waals surface area contributed by atoms with Crippen molar-refractivity contribution in [3.8, 4) is 0 Å². The number of alkyl halides is 1. The van der Waals surface area contributed by atoms with E-state index in [0.717, 1.165) is 46.2 Å². The average molecular weight is 554 g/mol. The van der Waals surface area contributed by atoms with Gasteiger partial charge in [0.15, 0.2) is 0 Å². The summed E-state index contributed by atoms with van der Waals surface area (Å²) in [5, 5.41) is 0. The fourth-order valence-electron chi connectivity index (χ4n) is 6.59. The van der Waals surface area contributed by atoms with E-state index in [9.17, 15) is 8.42 Å². The van der Waals surface area contributed by atoms with Crippen LogP contribution in [0.15, 0.2) is 114 Å². The second kappa shape index (κ2) is 10.4. The van der Waals surface area contributed by atoms with Crippen LogP contribution in [-0.4, -0.2) is 25.1 Å². The van der Waals surface area contributed by atoms with Gasteiger partial charge in [-0.15, -0.1) is 11.6 Å². The fraction of sp³-hybridized carbons (Fsp3) is 0.235. The lowest BCUT2D eigenvalue weighted by Gasteiger charge is -2.38. The largest absolute Gasteiger partial charge is 0.244 e. The molecule has 1 aliphatic heterocycles. The lowest BCUT2D eigenvalue weighted by Crippen LogP contribution is -2.44. The Bertz CT molecular complexity index is 1620. The van der Waals surface area contributed by atoms with E-state index in [-0.39, 0.29) is 5.92 Å². The zero-order chi connectivity index (χ0) is 27.0. The minimum absolute atomic E-state index is 0.0468. The number of nitrogens with zero attached hydrogens (tertiary/aromatic N) is 1. The van der Waals surface area contributed by atoms with Crippen LogP contribution in [0.3, 0.4) is 0 Å². The average Bonchev–Trinajstić information content (AvgIpc) is 3.50. The van der Waals surface area contributed by atoms with Gasteiger partial charge in [0, 0.05) is 18.3 Å². The molecule has 39 heavy (non-hydrogen) atoms. The number of aryl methyl sites for hydroxylation is 1. The van der Waals surface area contributed by atoms with Crippen molar-refractivity contribution in [3.63, 3.8) is 0 Å². The Morgan fingerprint density at radius 1 is 0.846 bits per heavy atom. The zero-order valence-electron chi connectivity index (χ0n) is 22.1. The summed E-state index contributed by atoms with van der Waals surface area (Å²) in [5.74, 6) is 0.601. The number of sulfonamides is 1. The van der Waals surface area contributed by atoms with Gasteiger partial charge >= 0.3 is 0 Å². The van der Waals surface area contributed by atoms with Gasteiger partial charge in [-0.25, -0.2) is 8.42 Å². The summed E-state index contributed by atoms with van der Waals surface area (Å²) < 4.78 is 31.2. The second-order valence-corrected chi connectivity index (χ2v) is 12.8. The standard InChI is InChI=1S/C34H32ClNO2S/c1-25-18-20-29(21-19-25)39(37,38)36-24-28(26-11-4-2-5-12-26)23-34(36)32-17-9-8-15-30(32)31(16-10-22-35)33(34)27-13-6-3-7-14-27/h2-9,11-15,17-21,28H,10,16,22-24H2,1H3/t28?,34-/m1/s1. The highest BCUT2D eigenvalue weighted by Gasteiger charge is 2.58. The molecule has 5 heteroatoms. The number of rotatable bonds is 7. The topological polar surface area (TPSA) is 37.4 Å². The molecule has 0 radical (unpaired) electrons. The van der Waals surface area contributed by atoms with Crippen molar-refractivity contribution in [2.45, 2.75) is 42.5 Å². The summed E-state index contributed by atoms with van der Waals surface area (Å²) in [4.78, 5) is 0.334. The van der Waals surface area contributed by atoms with Crippen LogP contribution >= 0.6 is 11.6 Å². The first-order chi connectivity index (χ1) is 19.0. The van der Waals surface area contributed by atoms with Gasteiger partial charge < -0.3 is 0 Å². The summed E-state index contributed by atoms with van der Waals surface area (Å²) in [7, 11) is -3.84. The molecule has 0 amide bonds. The zero-order valence-corrected chi connectivity index (χ0v) is 23.6. The third-order valence-corrected chi connectivity index (χ3v) is 10.4. The van der Waals surface area contributed by atoms with Crippen LogP contribution in [0.1, 0.15) is 53.0 Å². The Morgan fingerprint density at radius 3 is 2.18 bits per heavy atom. The van der Waals surface area contributed by atoms with Gasteiger partial charge in [0.2, 0.25) is 10.0 Å². The molecular formula is C34H32ClNO2S. The molecule has 6 rings (SSSR count). The summed E-state index contributed by atoms with van der Waals surface area (Å²) in [6, 6.07) is 36.3. The molecule has 1 fully saturated rings. The normalized spacial score (nSPS) is 21.0. The Balaban J connectivity index is 1.65. The van der Waals surface area contributed by atoms with Crippen LogP contribution in [0.2, 0.25) is 0 Å². The number of fused-ring (bicyclic) bond motifs is 2. The van der Waals surface area contributed by atoms with Crippen molar-refractivity contribution in [3.05, 3.63) is 137 Å². The maximum absolute atomic E-state index is 14.7. The Morgan fingerprint density at radius 2 is 1.49 bits per heavy atom. The SMILES string of the molecule is Cc1ccc(S(=O)(=O)N2CC(c3ccccc3)C[C@@]23C(c2ccccc2)=C(CCCCl)c2ccccc23)cc1. The van der Waals surface area contributed by atoms with Crippen molar-refractivity contribution < 1.29 is 8.42 Å². The van der Waals surface area contributed by atoms with Crippen molar-refractivity contribution in [2.24, 2.45) is 0 Å². The molecule has 0 aromatic heterocycles. The number of hydrogen-bond acceptors (Lipinski definition) is 2. The van der Waals surface area contributed by atoms with Crippen molar-refractivity contribution in [1.29, 1.82) is 0 Å². The van der Waals surface area contributed by atoms with Crippen LogP contribution in [0.5, 0.6) is 0 Å². The Labute approximate surface area is 236 Å². The number of halogens is 1. The van der Waals surface area contributed by atoms with Crippen molar-refractivity contribution >= 4 is 32.8 Å². The molecule has 1 spiro atoms. The molecular weight excluding hydrogens is 522 g/mol. The quantitative estimate of drug-likeness (QED) is 0.217. The van der Waals surface area contributed by atoms with Gasteiger partial charge in [0.05, 0.1) is 10.4 Å². The van der Waals surface area contributed by atoms with E-state index >= 15 is 0 Å². The van der Waals surface area contributed by atoms with Crippen LogP contribution in [0.4, 0.5) is 0 Å². The van der Waals surface area contributed by atoms with Crippen molar-refractivity contribution in [1.82, 2.24) is 4.31 Å². The van der Waals surface area contributed by atoms with Crippen molar-refractivity contribution in [2.75, 3.05) is 12.4 Å². The predicted molar refractivity (Wildman–Crippen MR) is 160 cm³/mol. The lowest BCUT2D eigenvalue weighted by atomic mass is 9.78. The van der Waals surface area contributed by atoms with Gasteiger partial charge in [-0.1, -0.05) is 103 Å². The molecule has 0 bridgehead atoms. The molecule has 3 nitrogen and oxygen atoms in total. The third-order valence-electron chi connectivity index (χ3n) is 8.27. The van der Waals surface area contributed by atoms with Crippen LogP contribution in [0, 0.1) is 6.92 Å². The summed E-state index contributed by atoms with van der Waals surface area (Å²) in [5.41, 5.74) is 6.95. The number of benzene rings is 4. The first kappa shape index (κ1) is 26.1. The van der Waals surface area contributed by atoms with E-state index in [0.29, 0.717) is 23.7 Å². The predicted octanol–water partition coefficient (Wildman–Crippen LogP) is 8.01. The van der Waals surface area contributed by atoms with Gasteiger partial charge in [0.1, 0.15) is 0 Å². The first-order valence-electron chi connectivity index (χ1n) is 13.6. The summed E-state index contributed by atoms with van der Waals surface area (Å²) in [6.07, 6.45) is 2.29. The van der Waals surface area contributed by atoms with E-state index in [1.807, 2.05) is 65.8 Å². The smallest absolute Gasteiger partial charge is 0.207 e. The van der Waals surface area contributed by atoms with Crippen LogP contribution < -0.4 is 0 Å². The van der Waals surface area contributed by atoms with E-state index in [1.54, 1.807) is 12.1 Å². The fourth-order valence-corrected chi connectivity index (χ4v) is 8.51. The molecule has 198 valence electrons. The van der Waals surface area contributed by atoms with E-state index in [2.05, 4.69) is 42.5 Å². The van der Waals surface area contributed by atoms with Crippen LogP contribution in [0.25, 0.3) is 11.1 Å². The first-order valence-corrected chi connectivity index (χ1v) is 15.5. The van der Waals surface area contributed by atoms with E-state index < -0.39 is 15.6 Å². The monoisotopic (exact) mass is 553 g/mol. The summed E-state index contributed by atoms with van der Waals surface area (Å²) in [6.45, 7) is 2.39. The molecule has 1 unspecified atom stereocenters. The third kappa shape index (κ3) is 4.35. The van der Waals surface area contributed by atoms with E-state index in [4.69, 9.17) is 11.6 Å². The summed E-state index contributed by atoms with van der Waals surface area (Å²) >= 11 is 6.22. The van der Waals surface area contributed by atoms with Gasteiger partial charge in [-0.05, 0) is 71.7 Å². The highest BCUT2D eigenvalue weighted by Crippen LogP contribution is 2.62. The molecule has 0 saturated carbocycles. The van der Waals surface area contributed by atoms with Gasteiger partial charge in [-0.2, -0.15) is 4.31 Å². The molecule has 4 aromatic carbocycles. The molecule has 1 aliphatic carbocycles. The molecule has 1 saturated heterocycles. The number of allylic oxidation sites excluding steroid dienone is 1. The highest BCUT2D eigenvalue weighted by molar-refractivity contribution is 7.89. The maximum atomic E-state index is 14.7. The minimum atomic E-state index is -3.84. The highest BCUT2D eigenvalue weighted by atomic mass is 35.5.